The number of carbonyl (C=O) groups excluding carboxylic acids is 1. The second kappa shape index (κ2) is 5.03. The van der Waals surface area contributed by atoms with Gasteiger partial charge in [-0.2, -0.15) is 0 Å². The van der Waals surface area contributed by atoms with Gasteiger partial charge in [0.2, 0.25) is 0 Å². The van der Waals surface area contributed by atoms with Gasteiger partial charge in [-0.05, 0) is 45.4 Å². The Bertz CT molecular complexity index is 739. The van der Waals surface area contributed by atoms with Gasteiger partial charge in [-0.15, -0.1) is 11.3 Å². The molecule has 0 spiro atoms. The maximum atomic E-state index is 11.5. The number of hydrogen-bond acceptors (Lipinski definition) is 5. The fourth-order valence-electron chi connectivity index (χ4n) is 3.85. The molecule has 4 nitrogen and oxygen atoms in total. The third-order valence-corrected chi connectivity index (χ3v) is 6.10. The zero-order valence-electron chi connectivity index (χ0n) is 13.2. The van der Waals surface area contributed by atoms with Crippen molar-refractivity contribution >= 4 is 33.2 Å². The van der Waals surface area contributed by atoms with E-state index in [-0.39, 0.29) is 5.78 Å². The number of aromatic nitrogens is 1. The van der Waals surface area contributed by atoms with Crippen LogP contribution in [0.3, 0.4) is 0 Å². The summed E-state index contributed by atoms with van der Waals surface area (Å²) in [6.45, 7) is 8.40. The highest BCUT2D eigenvalue weighted by molar-refractivity contribution is 7.20. The Morgan fingerprint density at radius 1 is 1.32 bits per heavy atom. The lowest BCUT2D eigenvalue weighted by atomic mass is 10.2. The van der Waals surface area contributed by atoms with Crippen LogP contribution in [0.1, 0.15) is 36.9 Å². The van der Waals surface area contributed by atoms with E-state index in [0.29, 0.717) is 18.1 Å². The van der Waals surface area contributed by atoms with Gasteiger partial charge in [-0.25, -0.2) is 4.98 Å². The molecule has 4 rings (SSSR count). The third kappa shape index (κ3) is 2.15. The quantitative estimate of drug-likeness (QED) is 0.815. The summed E-state index contributed by atoms with van der Waals surface area (Å²) >= 11 is 1.51. The van der Waals surface area contributed by atoms with Crippen molar-refractivity contribution in [3.05, 3.63) is 23.1 Å². The SMILES string of the molecule is CC(=O)c1cc2ccc(N3C[C@@H]4C[C@H]3CN4C(C)C)nc2s1. The van der Waals surface area contributed by atoms with Crippen molar-refractivity contribution in [1.29, 1.82) is 0 Å². The monoisotopic (exact) mass is 315 g/mol. The Kier molecular flexibility index (Phi) is 3.24. The summed E-state index contributed by atoms with van der Waals surface area (Å²) in [5.74, 6) is 1.19. The van der Waals surface area contributed by atoms with Crippen LogP contribution >= 0.6 is 11.3 Å². The maximum Gasteiger partial charge on any atom is 0.169 e. The van der Waals surface area contributed by atoms with Gasteiger partial charge in [-0.1, -0.05) is 0 Å². The van der Waals surface area contributed by atoms with E-state index in [1.54, 1.807) is 6.92 Å². The van der Waals surface area contributed by atoms with E-state index in [2.05, 4.69) is 35.8 Å². The molecule has 2 aromatic heterocycles. The van der Waals surface area contributed by atoms with Crippen LogP contribution in [0.5, 0.6) is 0 Å². The predicted octanol–water partition coefficient (Wildman–Crippen LogP) is 3.17. The van der Waals surface area contributed by atoms with Crippen LogP contribution in [0, 0.1) is 0 Å². The number of anilines is 1. The summed E-state index contributed by atoms with van der Waals surface area (Å²) in [7, 11) is 0. The molecule has 116 valence electrons. The highest BCUT2D eigenvalue weighted by Gasteiger charge is 2.44. The van der Waals surface area contributed by atoms with E-state index >= 15 is 0 Å². The van der Waals surface area contributed by atoms with Gasteiger partial charge >= 0.3 is 0 Å². The molecule has 4 heterocycles. The van der Waals surface area contributed by atoms with Crippen molar-refractivity contribution < 1.29 is 4.79 Å². The molecular weight excluding hydrogens is 294 g/mol. The van der Waals surface area contributed by atoms with Crippen molar-refractivity contribution in [1.82, 2.24) is 9.88 Å². The zero-order chi connectivity index (χ0) is 15.4. The highest BCUT2D eigenvalue weighted by Crippen LogP contribution is 2.36. The minimum Gasteiger partial charge on any atom is -0.351 e. The van der Waals surface area contributed by atoms with Crippen molar-refractivity contribution in [3.63, 3.8) is 0 Å². The van der Waals surface area contributed by atoms with E-state index in [1.165, 1.54) is 17.8 Å². The Balaban J connectivity index is 1.62. The molecule has 2 saturated heterocycles. The van der Waals surface area contributed by atoms with Gasteiger partial charge in [0, 0.05) is 36.6 Å². The molecule has 2 bridgehead atoms. The lowest BCUT2D eigenvalue weighted by Gasteiger charge is -2.37. The number of piperazine rings is 1. The number of ketones is 1. The van der Waals surface area contributed by atoms with Crippen LogP contribution in [0.25, 0.3) is 10.2 Å². The molecule has 0 N–H and O–H groups in total. The van der Waals surface area contributed by atoms with Crippen LogP contribution in [0.4, 0.5) is 5.82 Å². The molecule has 22 heavy (non-hydrogen) atoms. The van der Waals surface area contributed by atoms with Gasteiger partial charge in [0.25, 0.3) is 0 Å². The molecule has 2 aliphatic heterocycles. The lowest BCUT2D eigenvalue weighted by Crippen LogP contribution is -2.49. The Morgan fingerprint density at radius 3 is 2.77 bits per heavy atom. The summed E-state index contributed by atoms with van der Waals surface area (Å²) in [6, 6.07) is 8.05. The standard InChI is InChI=1S/C17H21N3OS/c1-10(2)19-8-14-7-13(19)9-20(14)16-5-4-12-6-15(11(3)21)22-17(12)18-16/h4-6,10,13-14H,7-9H2,1-3H3/t13-,14-/m0/s1. The number of nitrogens with zero attached hydrogens (tertiary/aromatic N) is 3. The minimum atomic E-state index is 0.123. The van der Waals surface area contributed by atoms with Crippen molar-refractivity contribution in [2.24, 2.45) is 0 Å². The number of likely N-dealkylation sites (tertiary alicyclic amines) is 1. The van der Waals surface area contributed by atoms with Crippen LogP contribution in [0.15, 0.2) is 18.2 Å². The molecule has 5 heteroatoms. The average molecular weight is 315 g/mol. The molecule has 2 aromatic rings. The zero-order valence-corrected chi connectivity index (χ0v) is 14.1. The van der Waals surface area contributed by atoms with Crippen LogP contribution in [-0.2, 0) is 0 Å². The van der Waals surface area contributed by atoms with Crippen molar-refractivity contribution in [2.75, 3.05) is 18.0 Å². The van der Waals surface area contributed by atoms with Crippen molar-refractivity contribution in [3.8, 4) is 0 Å². The average Bonchev–Trinajstić information content (AvgIpc) is 3.18. The first-order valence-corrected chi connectivity index (χ1v) is 8.78. The minimum absolute atomic E-state index is 0.123. The molecule has 0 aliphatic carbocycles. The first-order chi connectivity index (χ1) is 10.5. The number of fused-ring (bicyclic) bond motifs is 3. The number of pyridine rings is 1. The summed E-state index contributed by atoms with van der Waals surface area (Å²) in [6.07, 6.45) is 1.25. The fraction of sp³-hybridized carbons (Fsp3) is 0.529. The molecule has 0 unspecified atom stereocenters. The van der Waals surface area contributed by atoms with Gasteiger partial charge in [0.05, 0.1) is 4.88 Å². The second-order valence-corrected chi connectivity index (χ2v) is 7.75. The van der Waals surface area contributed by atoms with E-state index in [1.807, 2.05) is 6.07 Å². The topological polar surface area (TPSA) is 36.4 Å². The van der Waals surface area contributed by atoms with Gasteiger partial charge in [-0.3, -0.25) is 9.69 Å². The molecule has 0 aromatic carbocycles. The smallest absolute Gasteiger partial charge is 0.169 e. The third-order valence-electron chi connectivity index (χ3n) is 4.96. The normalized spacial score (nSPS) is 24.8. The molecule has 0 saturated carbocycles. The summed E-state index contributed by atoms with van der Waals surface area (Å²) in [5.41, 5.74) is 0. The number of thiophene rings is 1. The van der Waals surface area contributed by atoms with Crippen LogP contribution in [-0.4, -0.2) is 46.9 Å². The van der Waals surface area contributed by atoms with Gasteiger partial charge in [0.15, 0.2) is 5.78 Å². The molecule has 0 amide bonds. The Hall–Kier alpha value is -1.46. The first kappa shape index (κ1) is 14.2. The highest BCUT2D eigenvalue weighted by atomic mass is 32.1. The summed E-state index contributed by atoms with van der Waals surface area (Å²) in [4.78, 5) is 23.2. The largest absolute Gasteiger partial charge is 0.351 e. The molecular formula is C17H21N3OS. The number of Topliss-reactive ketones (excluding diaryl/α,β-unsaturated/α-hetero) is 1. The second-order valence-electron chi connectivity index (χ2n) is 6.72. The molecule has 0 radical (unpaired) electrons. The van der Waals surface area contributed by atoms with Crippen LogP contribution in [0.2, 0.25) is 0 Å². The van der Waals surface area contributed by atoms with E-state index in [9.17, 15) is 4.79 Å². The Morgan fingerprint density at radius 2 is 2.14 bits per heavy atom. The Labute approximate surface area is 134 Å². The summed E-state index contributed by atoms with van der Waals surface area (Å²) in [5, 5.41) is 1.08. The lowest BCUT2D eigenvalue weighted by molar-refractivity contribution is 0.102. The number of rotatable bonds is 3. The van der Waals surface area contributed by atoms with E-state index in [0.717, 1.165) is 34.0 Å². The first-order valence-electron chi connectivity index (χ1n) is 7.97. The fourth-order valence-corrected chi connectivity index (χ4v) is 4.77. The van der Waals surface area contributed by atoms with Gasteiger partial charge in [0.1, 0.15) is 10.6 Å². The molecule has 2 fully saturated rings. The number of carbonyl (C=O) groups is 1. The van der Waals surface area contributed by atoms with E-state index < -0.39 is 0 Å². The van der Waals surface area contributed by atoms with Crippen LogP contribution < -0.4 is 4.90 Å². The van der Waals surface area contributed by atoms with Crippen molar-refractivity contribution in [2.45, 2.75) is 45.3 Å². The van der Waals surface area contributed by atoms with Gasteiger partial charge < -0.3 is 4.90 Å². The predicted molar refractivity (Wildman–Crippen MR) is 91.0 cm³/mol. The van der Waals surface area contributed by atoms with E-state index in [4.69, 9.17) is 4.98 Å². The summed E-state index contributed by atoms with van der Waals surface area (Å²) < 4.78 is 0. The number of hydrogen-bond donors (Lipinski definition) is 0. The molecule has 2 atom stereocenters. The molecule has 2 aliphatic rings. The maximum absolute atomic E-state index is 11.5.